The van der Waals surface area contributed by atoms with Gasteiger partial charge in [-0.2, -0.15) is 0 Å². The smallest absolute Gasteiger partial charge is 0.261 e. The second-order valence-corrected chi connectivity index (χ2v) is 6.53. The molecule has 0 saturated heterocycles. The van der Waals surface area contributed by atoms with E-state index < -0.39 is 5.91 Å². The molecule has 2 N–H and O–H groups in total. The van der Waals surface area contributed by atoms with E-state index in [9.17, 15) is 9.90 Å². The summed E-state index contributed by atoms with van der Waals surface area (Å²) in [5, 5.41) is 13.6. The molecule has 6 heteroatoms. The number of aryl methyl sites for hydroxylation is 2. The Hall–Kier alpha value is -2.11. The molecule has 112 valence electrons. The van der Waals surface area contributed by atoms with Crippen molar-refractivity contribution in [3.63, 3.8) is 0 Å². The van der Waals surface area contributed by atoms with E-state index in [1.165, 1.54) is 17.4 Å². The molecular formula is C16H13ClN2O2S. The van der Waals surface area contributed by atoms with E-state index in [1.807, 2.05) is 25.1 Å². The van der Waals surface area contributed by atoms with Gasteiger partial charge in [-0.15, -0.1) is 0 Å². The highest BCUT2D eigenvalue weighted by atomic mass is 35.5. The molecule has 3 rings (SSSR count). The van der Waals surface area contributed by atoms with E-state index in [4.69, 9.17) is 11.6 Å². The highest BCUT2D eigenvalue weighted by Crippen LogP contribution is 2.30. The van der Waals surface area contributed by atoms with E-state index in [2.05, 4.69) is 10.3 Å². The first-order valence-corrected chi connectivity index (χ1v) is 7.81. The number of benzene rings is 2. The van der Waals surface area contributed by atoms with Crippen LogP contribution >= 0.6 is 22.9 Å². The molecule has 0 unspecified atom stereocenters. The summed E-state index contributed by atoms with van der Waals surface area (Å²) in [6.45, 7) is 3.70. The monoisotopic (exact) mass is 332 g/mol. The van der Waals surface area contributed by atoms with Crippen LogP contribution in [0.1, 0.15) is 21.5 Å². The number of rotatable bonds is 2. The number of halogens is 1. The predicted molar refractivity (Wildman–Crippen MR) is 90.2 cm³/mol. The van der Waals surface area contributed by atoms with Crippen molar-refractivity contribution in [3.8, 4) is 5.75 Å². The molecule has 0 radical (unpaired) electrons. The normalized spacial score (nSPS) is 10.9. The molecule has 0 aliphatic carbocycles. The number of carbonyl (C=O) groups is 1. The highest BCUT2D eigenvalue weighted by Gasteiger charge is 2.16. The van der Waals surface area contributed by atoms with E-state index in [-0.39, 0.29) is 11.3 Å². The van der Waals surface area contributed by atoms with Crippen molar-refractivity contribution in [1.82, 2.24) is 4.98 Å². The largest absolute Gasteiger partial charge is 0.507 e. The molecule has 2 aromatic carbocycles. The maximum absolute atomic E-state index is 12.3. The first-order chi connectivity index (χ1) is 10.4. The second kappa shape index (κ2) is 5.59. The fourth-order valence-electron chi connectivity index (χ4n) is 2.16. The summed E-state index contributed by atoms with van der Waals surface area (Å²) in [5.74, 6) is -0.502. The number of fused-ring (bicyclic) bond motifs is 1. The SMILES string of the molecule is Cc1ccc2nc(NC(=O)c3cc(Cl)cc(C)c3O)sc2c1. The standard InChI is InChI=1S/C16H13ClN2O2S/c1-8-3-4-12-13(5-8)22-16(18-12)19-15(21)11-7-10(17)6-9(2)14(11)20/h3-7,20H,1-2H3,(H,18,19,21). The Morgan fingerprint density at radius 3 is 2.82 bits per heavy atom. The quantitative estimate of drug-likeness (QED) is 0.725. The molecule has 1 aromatic heterocycles. The van der Waals surface area contributed by atoms with Crippen LogP contribution in [-0.4, -0.2) is 16.0 Å². The number of anilines is 1. The van der Waals surface area contributed by atoms with Gasteiger partial charge in [0.1, 0.15) is 5.75 Å². The number of aromatic nitrogens is 1. The van der Waals surface area contributed by atoms with E-state index in [1.54, 1.807) is 13.0 Å². The molecule has 0 spiro atoms. The average Bonchev–Trinajstić information content (AvgIpc) is 2.83. The lowest BCUT2D eigenvalue weighted by molar-refractivity contribution is 0.102. The number of carbonyl (C=O) groups excluding carboxylic acids is 1. The van der Waals surface area contributed by atoms with Crippen molar-refractivity contribution < 1.29 is 9.90 Å². The molecule has 0 aliphatic heterocycles. The number of amides is 1. The van der Waals surface area contributed by atoms with Gasteiger partial charge in [-0.3, -0.25) is 10.1 Å². The van der Waals surface area contributed by atoms with Gasteiger partial charge in [-0.05, 0) is 49.2 Å². The van der Waals surface area contributed by atoms with Crippen LogP contribution in [0.2, 0.25) is 5.02 Å². The number of aromatic hydroxyl groups is 1. The van der Waals surface area contributed by atoms with Gasteiger partial charge in [0.05, 0.1) is 15.8 Å². The summed E-state index contributed by atoms with van der Waals surface area (Å²) in [6.07, 6.45) is 0. The molecule has 1 amide bonds. The fraction of sp³-hybridized carbons (Fsp3) is 0.125. The number of hydrogen-bond donors (Lipinski definition) is 2. The van der Waals surface area contributed by atoms with Crippen LogP contribution in [-0.2, 0) is 0 Å². The van der Waals surface area contributed by atoms with Gasteiger partial charge in [-0.1, -0.05) is 29.0 Å². The minimum atomic E-state index is -0.432. The van der Waals surface area contributed by atoms with Gasteiger partial charge in [-0.25, -0.2) is 4.98 Å². The summed E-state index contributed by atoms with van der Waals surface area (Å²) >= 11 is 7.34. The zero-order valence-electron chi connectivity index (χ0n) is 12.0. The van der Waals surface area contributed by atoms with Crippen molar-refractivity contribution in [1.29, 1.82) is 0 Å². The molecule has 0 bridgehead atoms. The van der Waals surface area contributed by atoms with Crippen molar-refractivity contribution in [2.75, 3.05) is 5.32 Å². The van der Waals surface area contributed by atoms with Gasteiger partial charge in [0.25, 0.3) is 5.91 Å². The third-order valence-corrected chi connectivity index (χ3v) is 4.43. The maximum atomic E-state index is 12.3. The highest BCUT2D eigenvalue weighted by molar-refractivity contribution is 7.22. The Morgan fingerprint density at radius 2 is 2.05 bits per heavy atom. The van der Waals surface area contributed by atoms with Crippen LogP contribution in [0.4, 0.5) is 5.13 Å². The van der Waals surface area contributed by atoms with Crippen molar-refractivity contribution in [2.45, 2.75) is 13.8 Å². The molecule has 0 aliphatic rings. The molecule has 0 atom stereocenters. The lowest BCUT2D eigenvalue weighted by Crippen LogP contribution is -2.12. The average molecular weight is 333 g/mol. The van der Waals surface area contributed by atoms with Crippen molar-refractivity contribution in [2.24, 2.45) is 0 Å². The van der Waals surface area contributed by atoms with Crippen molar-refractivity contribution in [3.05, 3.63) is 52.0 Å². The third-order valence-electron chi connectivity index (χ3n) is 3.27. The van der Waals surface area contributed by atoms with E-state index in [0.717, 1.165) is 15.8 Å². The summed E-state index contributed by atoms with van der Waals surface area (Å²) in [6, 6.07) is 8.95. The van der Waals surface area contributed by atoms with Gasteiger partial charge < -0.3 is 5.11 Å². The van der Waals surface area contributed by atoms with Crippen LogP contribution in [0.3, 0.4) is 0 Å². The zero-order chi connectivity index (χ0) is 15.9. The first-order valence-electron chi connectivity index (χ1n) is 6.61. The van der Waals surface area contributed by atoms with E-state index in [0.29, 0.717) is 15.7 Å². The Bertz CT molecular complexity index is 889. The first kappa shape index (κ1) is 14.8. The molecule has 22 heavy (non-hydrogen) atoms. The number of nitrogens with one attached hydrogen (secondary N) is 1. The van der Waals surface area contributed by atoms with Crippen LogP contribution in [0, 0.1) is 13.8 Å². The summed E-state index contributed by atoms with van der Waals surface area (Å²) in [7, 11) is 0. The lowest BCUT2D eigenvalue weighted by Gasteiger charge is -2.07. The molecule has 3 aromatic rings. The van der Waals surface area contributed by atoms with Crippen LogP contribution in [0.5, 0.6) is 5.75 Å². The number of nitrogens with zero attached hydrogens (tertiary/aromatic N) is 1. The third kappa shape index (κ3) is 2.77. The van der Waals surface area contributed by atoms with Gasteiger partial charge in [0.2, 0.25) is 0 Å². The molecule has 0 saturated carbocycles. The van der Waals surface area contributed by atoms with Crippen LogP contribution in [0.25, 0.3) is 10.2 Å². The maximum Gasteiger partial charge on any atom is 0.261 e. The fourth-order valence-corrected chi connectivity index (χ4v) is 3.39. The minimum Gasteiger partial charge on any atom is -0.507 e. The topological polar surface area (TPSA) is 62.2 Å². The molecule has 4 nitrogen and oxygen atoms in total. The second-order valence-electron chi connectivity index (χ2n) is 5.06. The molecule has 1 heterocycles. The van der Waals surface area contributed by atoms with Gasteiger partial charge >= 0.3 is 0 Å². The number of hydrogen-bond acceptors (Lipinski definition) is 4. The lowest BCUT2D eigenvalue weighted by atomic mass is 10.1. The zero-order valence-corrected chi connectivity index (χ0v) is 13.5. The Balaban J connectivity index is 1.93. The predicted octanol–water partition coefficient (Wildman–Crippen LogP) is 4.52. The minimum absolute atomic E-state index is 0.0705. The van der Waals surface area contributed by atoms with Crippen LogP contribution in [0.15, 0.2) is 30.3 Å². The van der Waals surface area contributed by atoms with E-state index >= 15 is 0 Å². The summed E-state index contributed by atoms with van der Waals surface area (Å²) < 4.78 is 1.00. The molecular weight excluding hydrogens is 320 g/mol. The molecule has 0 fully saturated rings. The summed E-state index contributed by atoms with van der Waals surface area (Å²) in [5.41, 5.74) is 2.66. The summed E-state index contributed by atoms with van der Waals surface area (Å²) in [4.78, 5) is 16.7. The van der Waals surface area contributed by atoms with Crippen molar-refractivity contribution >= 4 is 44.2 Å². The van der Waals surface area contributed by atoms with Crippen LogP contribution < -0.4 is 5.32 Å². The number of phenolic OH excluding ortho intramolecular Hbond substituents is 1. The number of phenols is 1. The number of thiazole rings is 1. The Kier molecular flexibility index (Phi) is 3.76. The Labute approximate surface area is 136 Å². The van der Waals surface area contributed by atoms with Gasteiger partial charge in [0.15, 0.2) is 5.13 Å². The van der Waals surface area contributed by atoms with Gasteiger partial charge in [0, 0.05) is 5.02 Å². The Morgan fingerprint density at radius 1 is 1.27 bits per heavy atom.